The summed E-state index contributed by atoms with van der Waals surface area (Å²) in [5.41, 5.74) is 2.40. The van der Waals surface area contributed by atoms with Crippen molar-refractivity contribution < 1.29 is 13.5 Å². The highest BCUT2D eigenvalue weighted by molar-refractivity contribution is 5.81. The second-order valence-electron chi connectivity index (χ2n) is 7.73. The SMILES string of the molecule is CN1CCC(COC(CF)c2cccc3cn[nH]c23)(c2ccc(F)cc2)CC1. The number of aromatic amines is 1. The quantitative estimate of drug-likeness (QED) is 0.684. The molecule has 1 aromatic heterocycles. The van der Waals surface area contributed by atoms with E-state index < -0.39 is 12.8 Å². The summed E-state index contributed by atoms with van der Waals surface area (Å²) in [6.45, 7) is 1.64. The number of benzene rings is 2. The van der Waals surface area contributed by atoms with E-state index in [0.29, 0.717) is 6.61 Å². The van der Waals surface area contributed by atoms with Crippen molar-refractivity contribution >= 4 is 10.9 Å². The number of fused-ring (bicyclic) bond motifs is 1. The first-order valence-electron chi connectivity index (χ1n) is 9.65. The lowest BCUT2D eigenvalue weighted by Gasteiger charge is -2.41. The summed E-state index contributed by atoms with van der Waals surface area (Å²) < 4.78 is 33.6. The molecule has 1 aliphatic rings. The Bertz CT molecular complexity index is 917. The predicted octanol–water partition coefficient (Wildman–Crippen LogP) is 4.39. The van der Waals surface area contributed by atoms with E-state index >= 15 is 0 Å². The largest absolute Gasteiger partial charge is 0.370 e. The van der Waals surface area contributed by atoms with Crippen LogP contribution in [-0.2, 0) is 10.2 Å². The maximum Gasteiger partial charge on any atom is 0.123 e. The number of ether oxygens (including phenoxy) is 1. The van der Waals surface area contributed by atoms with Gasteiger partial charge in [0.25, 0.3) is 0 Å². The number of halogens is 2. The molecule has 1 aliphatic heterocycles. The Morgan fingerprint density at radius 2 is 1.93 bits per heavy atom. The van der Waals surface area contributed by atoms with E-state index in [9.17, 15) is 8.78 Å². The molecule has 4 nitrogen and oxygen atoms in total. The summed E-state index contributed by atoms with van der Waals surface area (Å²) in [7, 11) is 2.10. The van der Waals surface area contributed by atoms with Gasteiger partial charge in [-0.2, -0.15) is 5.10 Å². The molecule has 0 saturated carbocycles. The van der Waals surface area contributed by atoms with Gasteiger partial charge in [-0.25, -0.2) is 8.78 Å². The normalized spacial score (nSPS) is 18.4. The van der Waals surface area contributed by atoms with Crippen LogP contribution in [0.25, 0.3) is 10.9 Å². The van der Waals surface area contributed by atoms with Crippen LogP contribution in [0.15, 0.2) is 48.7 Å². The molecule has 1 atom stereocenters. The molecule has 0 aliphatic carbocycles. The van der Waals surface area contributed by atoms with Crippen LogP contribution in [0.3, 0.4) is 0 Å². The van der Waals surface area contributed by atoms with Gasteiger partial charge in [-0.3, -0.25) is 5.10 Å². The van der Waals surface area contributed by atoms with Crippen LogP contribution in [-0.4, -0.2) is 48.5 Å². The highest BCUT2D eigenvalue weighted by Crippen LogP contribution is 2.37. The van der Waals surface area contributed by atoms with Gasteiger partial charge >= 0.3 is 0 Å². The average Bonchev–Trinajstić information content (AvgIpc) is 3.20. The molecule has 0 bridgehead atoms. The molecule has 148 valence electrons. The molecule has 1 fully saturated rings. The zero-order valence-electron chi connectivity index (χ0n) is 16.0. The van der Waals surface area contributed by atoms with Crippen molar-refractivity contribution in [1.82, 2.24) is 15.1 Å². The van der Waals surface area contributed by atoms with Crippen molar-refractivity contribution in [2.24, 2.45) is 0 Å². The summed E-state index contributed by atoms with van der Waals surface area (Å²) in [6, 6.07) is 12.4. The highest BCUT2D eigenvalue weighted by Gasteiger charge is 2.37. The molecule has 0 radical (unpaired) electrons. The third-order valence-corrected chi connectivity index (χ3v) is 5.96. The van der Waals surface area contributed by atoms with Gasteiger partial charge in [0.15, 0.2) is 0 Å². The molecule has 2 aromatic carbocycles. The Balaban J connectivity index is 1.60. The number of likely N-dealkylation sites (tertiary alicyclic amines) is 1. The van der Waals surface area contributed by atoms with E-state index in [1.807, 2.05) is 30.3 Å². The zero-order valence-corrected chi connectivity index (χ0v) is 16.0. The van der Waals surface area contributed by atoms with Crippen molar-refractivity contribution in [1.29, 1.82) is 0 Å². The fourth-order valence-corrected chi connectivity index (χ4v) is 4.10. The number of alkyl halides is 1. The van der Waals surface area contributed by atoms with Gasteiger partial charge in [-0.15, -0.1) is 0 Å². The van der Waals surface area contributed by atoms with Crippen LogP contribution in [0.1, 0.15) is 30.1 Å². The number of H-pyrrole nitrogens is 1. The summed E-state index contributed by atoms with van der Waals surface area (Å²) in [4.78, 5) is 2.28. The Hall–Kier alpha value is -2.31. The van der Waals surface area contributed by atoms with Gasteiger partial charge in [-0.05, 0) is 50.7 Å². The average molecular weight is 385 g/mol. The van der Waals surface area contributed by atoms with Gasteiger partial charge in [0.05, 0.1) is 18.3 Å². The number of hydrogen-bond donors (Lipinski definition) is 1. The third kappa shape index (κ3) is 3.66. The number of nitrogens with zero attached hydrogens (tertiary/aromatic N) is 2. The molecule has 4 rings (SSSR count). The Labute approximate surface area is 163 Å². The first kappa shape index (κ1) is 19.0. The van der Waals surface area contributed by atoms with Gasteiger partial charge in [0.1, 0.15) is 18.6 Å². The molecule has 6 heteroatoms. The van der Waals surface area contributed by atoms with Crippen molar-refractivity contribution in [3.63, 3.8) is 0 Å². The fourth-order valence-electron chi connectivity index (χ4n) is 4.10. The molecular formula is C22H25F2N3O. The lowest BCUT2D eigenvalue weighted by molar-refractivity contribution is -0.0123. The van der Waals surface area contributed by atoms with E-state index in [1.165, 1.54) is 12.1 Å². The molecule has 0 spiro atoms. The molecule has 1 N–H and O–H groups in total. The van der Waals surface area contributed by atoms with Crippen LogP contribution in [0.5, 0.6) is 0 Å². The zero-order chi connectivity index (χ0) is 19.6. The first-order valence-corrected chi connectivity index (χ1v) is 9.65. The monoisotopic (exact) mass is 385 g/mol. The minimum atomic E-state index is -0.666. The molecule has 0 amide bonds. The van der Waals surface area contributed by atoms with Gasteiger partial charge in [0.2, 0.25) is 0 Å². The fraction of sp³-hybridized carbons (Fsp3) is 0.409. The lowest BCUT2D eigenvalue weighted by atomic mass is 9.73. The van der Waals surface area contributed by atoms with Crippen molar-refractivity contribution in [2.75, 3.05) is 33.4 Å². The van der Waals surface area contributed by atoms with E-state index in [4.69, 9.17) is 4.74 Å². The Morgan fingerprint density at radius 3 is 2.64 bits per heavy atom. The van der Waals surface area contributed by atoms with Crippen LogP contribution in [0.4, 0.5) is 8.78 Å². The first-order chi connectivity index (χ1) is 13.6. The van der Waals surface area contributed by atoms with E-state index in [2.05, 4.69) is 22.1 Å². The minimum absolute atomic E-state index is 0.241. The maximum atomic E-state index is 14.0. The van der Waals surface area contributed by atoms with Gasteiger partial charge in [0, 0.05) is 16.4 Å². The number of aromatic nitrogens is 2. The molecule has 2 heterocycles. The Kier molecular flexibility index (Phi) is 5.42. The second kappa shape index (κ2) is 7.97. The van der Waals surface area contributed by atoms with Crippen LogP contribution in [0, 0.1) is 5.82 Å². The maximum absolute atomic E-state index is 14.0. The number of piperidine rings is 1. The predicted molar refractivity (Wildman–Crippen MR) is 106 cm³/mol. The number of para-hydroxylation sites is 1. The minimum Gasteiger partial charge on any atom is -0.370 e. The number of nitrogens with one attached hydrogen (secondary N) is 1. The standard InChI is InChI=1S/C22H25F2N3O/c1-27-11-9-22(10-12-27,17-5-7-18(24)8-6-17)15-28-20(13-23)19-4-2-3-16-14-25-26-21(16)19/h2-8,14,20H,9-13,15H2,1H3,(H,25,26). The molecule has 1 unspecified atom stereocenters. The van der Waals surface area contributed by atoms with E-state index in [-0.39, 0.29) is 11.2 Å². The summed E-state index contributed by atoms with van der Waals surface area (Å²) >= 11 is 0. The van der Waals surface area contributed by atoms with E-state index in [0.717, 1.165) is 48.0 Å². The third-order valence-electron chi connectivity index (χ3n) is 5.96. The summed E-state index contributed by atoms with van der Waals surface area (Å²) in [5.74, 6) is -0.250. The molecular weight excluding hydrogens is 360 g/mol. The smallest absolute Gasteiger partial charge is 0.123 e. The van der Waals surface area contributed by atoms with E-state index in [1.54, 1.807) is 6.20 Å². The topological polar surface area (TPSA) is 41.1 Å². The van der Waals surface area contributed by atoms with Crippen LogP contribution in [0.2, 0.25) is 0 Å². The summed E-state index contributed by atoms with van der Waals surface area (Å²) in [6.07, 6.45) is 2.84. The lowest BCUT2D eigenvalue weighted by Crippen LogP contribution is -2.44. The molecule has 1 saturated heterocycles. The summed E-state index contributed by atoms with van der Waals surface area (Å²) in [5, 5.41) is 7.95. The highest BCUT2D eigenvalue weighted by atomic mass is 19.1. The molecule has 3 aromatic rings. The van der Waals surface area contributed by atoms with Crippen LogP contribution >= 0.6 is 0 Å². The second-order valence-corrected chi connectivity index (χ2v) is 7.73. The number of hydrogen-bond acceptors (Lipinski definition) is 3. The van der Waals surface area contributed by atoms with Gasteiger partial charge < -0.3 is 9.64 Å². The Morgan fingerprint density at radius 1 is 1.18 bits per heavy atom. The van der Waals surface area contributed by atoms with Gasteiger partial charge in [-0.1, -0.05) is 30.3 Å². The molecule has 28 heavy (non-hydrogen) atoms. The van der Waals surface area contributed by atoms with Crippen molar-refractivity contribution in [2.45, 2.75) is 24.4 Å². The van der Waals surface area contributed by atoms with Crippen molar-refractivity contribution in [3.8, 4) is 0 Å². The number of rotatable bonds is 6. The van der Waals surface area contributed by atoms with Crippen molar-refractivity contribution in [3.05, 3.63) is 65.6 Å². The van der Waals surface area contributed by atoms with Crippen LogP contribution < -0.4 is 0 Å².